The highest BCUT2D eigenvalue weighted by Gasteiger charge is 2.45. The molecule has 2 fully saturated rings. The summed E-state index contributed by atoms with van der Waals surface area (Å²) < 4.78 is 19.1. The zero-order valence-corrected chi connectivity index (χ0v) is 18.1. The SMILES string of the molecule is Cc1sc(NC(=O)CN2CCC3(CC2)COC(C)(C)C3)nc1-c1ccc(F)cc1. The van der Waals surface area contributed by atoms with Crippen LogP contribution in [0.1, 0.15) is 38.0 Å². The van der Waals surface area contributed by atoms with Crippen molar-refractivity contribution in [2.75, 3.05) is 31.6 Å². The van der Waals surface area contributed by atoms with Crippen LogP contribution in [-0.2, 0) is 9.53 Å². The van der Waals surface area contributed by atoms with E-state index in [-0.39, 0.29) is 22.7 Å². The van der Waals surface area contributed by atoms with Crippen molar-refractivity contribution < 1.29 is 13.9 Å². The third-order valence-electron chi connectivity index (χ3n) is 6.01. The maximum atomic E-state index is 13.2. The van der Waals surface area contributed by atoms with Gasteiger partial charge in [0.05, 0.1) is 24.4 Å². The molecule has 2 aliphatic rings. The van der Waals surface area contributed by atoms with Gasteiger partial charge < -0.3 is 10.1 Å². The number of anilines is 1. The fourth-order valence-corrected chi connectivity index (χ4v) is 5.40. The van der Waals surface area contributed by atoms with Crippen LogP contribution in [0.4, 0.5) is 9.52 Å². The van der Waals surface area contributed by atoms with Gasteiger partial charge in [-0.2, -0.15) is 0 Å². The highest BCUT2D eigenvalue weighted by molar-refractivity contribution is 7.16. The number of rotatable bonds is 4. The number of hydrogen-bond donors (Lipinski definition) is 1. The van der Waals surface area contributed by atoms with E-state index in [1.807, 2.05) is 6.92 Å². The number of likely N-dealkylation sites (tertiary alicyclic amines) is 1. The maximum Gasteiger partial charge on any atom is 0.240 e. The molecule has 29 heavy (non-hydrogen) atoms. The summed E-state index contributed by atoms with van der Waals surface area (Å²) in [5.41, 5.74) is 1.90. The number of amides is 1. The summed E-state index contributed by atoms with van der Waals surface area (Å²) in [7, 11) is 0. The molecule has 0 aliphatic carbocycles. The standard InChI is InChI=1S/C22H28FN3O2S/c1-15-19(16-4-6-17(23)7-5-16)25-20(29-15)24-18(27)12-26-10-8-22(9-11-26)13-21(2,3)28-14-22/h4-7H,8-14H2,1-3H3,(H,24,25,27). The van der Waals surface area contributed by atoms with Crippen LogP contribution in [-0.4, -0.2) is 47.6 Å². The van der Waals surface area contributed by atoms with E-state index in [9.17, 15) is 9.18 Å². The normalized spacial score (nSPS) is 20.8. The van der Waals surface area contributed by atoms with Gasteiger partial charge in [0.25, 0.3) is 0 Å². The number of benzene rings is 1. The van der Waals surface area contributed by atoms with Crippen molar-refractivity contribution in [3.05, 3.63) is 35.0 Å². The molecule has 4 rings (SSSR count). The Labute approximate surface area is 175 Å². The van der Waals surface area contributed by atoms with Gasteiger partial charge in [0.15, 0.2) is 5.13 Å². The van der Waals surface area contributed by atoms with Crippen LogP contribution in [0, 0.1) is 18.2 Å². The number of thiazole rings is 1. The summed E-state index contributed by atoms with van der Waals surface area (Å²) in [4.78, 5) is 20.3. The fourth-order valence-electron chi connectivity index (χ4n) is 4.55. The number of hydrogen-bond acceptors (Lipinski definition) is 5. The molecule has 0 atom stereocenters. The second kappa shape index (κ2) is 7.78. The minimum atomic E-state index is -0.272. The quantitative estimate of drug-likeness (QED) is 0.797. The van der Waals surface area contributed by atoms with Crippen molar-refractivity contribution in [3.8, 4) is 11.3 Å². The fraction of sp³-hybridized carbons (Fsp3) is 0.545. The Kier molecular flexibility index (Phi) is 5.48. The van der Waals surface area contributed by atoms with E-state index in [2.05, 4.69) is 29.0 Å². The van der Waals surface area contributed by atoms with Crippen LogP contribution < -0.4 is 5.32 Å². The van der Waals surface area contributed by atoms with Gasteiger partial charge in [-0.15, -0.1) is 11.3 Å². The van der Waals surface area contributed by atoms with E-state index >= 15 is 0 Å². The monoisotopic (exact) mass is 417 g/mol. The van der Waals surface area contributed by atoms with Crippen molar-refractivity contribution in [3.63, 3.8) is 0 Å². The Morgan fingerprint density at radius 1 is 1.28 bits per heavy atom. The Hall–Kier alpha value is -1.83. The van der Waals surface area contributed by atoms with E-state index in [0.717, 1.165) is 55.1 Å². The Morgan fingerprint density at radius 3 is 2.59 bits per heavy atom. The molecule has 0 radical (unpaired) electrons. The first kappa shape index (κ1) is 20.4. The molecule has 1 amide bonds. The summed E-state index contributed by atoms with van der Waals surface area (Å²) in [5.74, 6) is -0.311. The number of piperidine rings is 1. The number of halogens is 1. The smallest absolute Gasteiger partial charge is 0.240 e. The Morgan fingerprint density at radius 2 is 1.97 bits per heavy atom. The van der Waals surface area contributed by atoms with Crippen LogP contribution in [0.15, 0.2) is 24.3 Å². The number of carbonyl (C=O) groups is 1. The van der Waals surface area contributed by atoms with Crippen molar-refractivity contribution >= 4 is 22.4 Å². The number of aryl methyl sites for hydroxylation is 1. The molecule has 7 heteroatoms. The summed E-state index contributed by atoms with van der Waals surface area (Å²) >= 11 is 1.45. The first-order valence-electron chi connectivity index (χ1n) is 10.1. The molecule has 2 aromatic rings. The summed E-state index contributed by atoms with van der Waals surface area (Å²) in [5, 5.41) is 3.52. The lowest BCUT2D eigenvalue weighted by molar-refractivity contribution is -0.117. The molecular formula is C22H28FN3O2S. The Balaban J connectivity index is 1.32. The summed E-state index contributed by atoms with van der Waals surface area (Å²) in [6.45, 7) is 9.35. The first-order chi connectivity index (χ1) is 13.7. The van der Waals surface area contributed by atoms with E-state index in [4.69, 9.17) is 4.74 Å². The zero-order valence-electron chi connectivity index (χ0n) is 17.3. The molecule has 2 aliphatic heterocycles. The summed E-state index contributed by atoms with van der Waals surface area (Å²) in [6.07, 6.45) is 3.26. The number of nitrogens with one attached hydrogen (secondary N) is 1. The summed E-state index contributed by atoms with van der Waals surface area (Å²) in [6, 6.07) is 6.26. The largest absolute Gasteiger partial charge is 0.375 e. The third-order valence-corrected chi connectivity index (χ3v) is 6.90. The van der Waals surface area contributed by atoms with E-state index in [1.54, 1.807) is 12.1 Å². The average Bonchev–Trinajstić information content (AvgIpc) is 3.17. The zero-order chi connectivity index (χ0) is 20.6. The molecule has 5 nitrogen and oxygen atoms in total. The second-order valence-electron chi connectivity index (χ2n) is 8.98. The van der Waals surface area contributed by atoms with Crippen molar-refractivity contribution in [1.29, 1.82) is 0 Å². The van der Waals surface area contributed by atoms with Gasteiger partial charge in [-0.25, -0.2) is 9.37 Å². The van der Waals surface area contributed by atoms with E-state index in [0.29, 0.717) is 11.7 Å². The van der Waals surface area contributed by atoms with E-state index < -0.39 is 0 Å². The average molecular weight is 418 g/mol. The minimum absolute atomic E-state index is 0.0233. The van der Waals surface area contributed by atoms with Gasteiger partial charge in [0.1, 0.15) is 5.82 Å². The molecule has 2 saturated heterocycles. The number of ether oxygens (including phenoxy) is 1. The maximum absolute atomic E-state index is 13.2. The number of nitrogens with zero attached hydrogens (tertiary/aromatic N) is 2. The first-order valence-corrected chi connectivity index (χ1v) is 10.9. The second-order valence-corrected chi connectivity index (χ2v) is 10.2. The van der Waals surface area contributed by atoms with Gasteiger partial charge in [-0.1, -0.05) is 0 Å². The van der Waals surface area contributed by atoms with Crippen LogP contribution >= 0.6 is 11.3 Å². The molecule has 3 heterocycles. The van der Waals surface area contributed by atoms with Crippen LogP contribution in [0.3, 0.4) is 0 Å². The van der Waals surface area contributed by atoms with Crippen LogP contribution in [0.5, 0.6) is 0 Å². The molecular weight excluding hydrogens is 389 g/mol. The van der Waals surface area contributed by atoms with Gasteiger partial charge in [0, 0.05) is 10.4 Å². The molecule has 1 aromatic heterocycles. The van der Waals surface area contributed by atoms with Gasteiger partial charge in [0.2, 0.25) is 5.91 Å². The van der Waals surface area contributed by atoms with Crippen LogP contribution in [0.25, 0.3) is 11.3 Å². The molecule has 1 N–H and O–H groups in total. The van der Waals surface area contributed by atoms with Crippen LogP contribution in [0.2, 0.25) is 0 Å². The van der Waals surface area contributed by atoms with Crippen molar-refractivity contribution in [1.82, 2.24) is 9.88 Å². The number of aromatic nitrogens is 1. The van der Waals surface area contributed by atoms with Crippen molar-refractivity contribution in [2.45, 2.75) is 45.6 Å². The number of carbonyl (C=O) groups excluding carboxylic acids is 1. The molecule has 1 spiro atoms. The lowest BCUT2D eigenvalue weighted by Gasteiger charge is -2.38. The molecule has 1 aromatic carbocycles. The van der Waals surface area contributed by atoms with Gasteiger partial charge >= 0.3 is 0 Å². The van der Waals surface area contributed by atoms with E-state index in [1.165, 1.54) is 23.5 Å². The predicted octanol–water partition coefficient (Wildman–Crippen LogP) is 4.48. The lowest BCUT2D eigenvalue weighted by atomic mass is 9.74. The molecule has 0 saturated carbocycles. The molecule has 0 unspecified atom stereocenters. The molecule has 0 bridgehead atoms. The van der Waals surface area contributed by atoms with Gasteiger partial charge in [-0.05, 0) is 82.8 Å². The highest BCUT2D eigenvalue weighted by Crippen LogP contribution is 2.46. The molecule has 156 valence electrons. The Bertz CT molecular complexity index is 886. The predicted molar refractivity (Wildman–Crippen MR) is 114 cm³/mol. The topological polar surface area (TPSA) is 54.5 Å². The lowest BCUT2D eigenvalue weighted by Crippen LogP contribution is -2.44. The van der Waals surface area contributed by atoms with Crippen molar-refractivity contribution in [2.24, 2.45) is 5.41 Å². The van der Waals surface area contributed by atoms with Gasteiger partial charge in [-0.3, -0.25) is 9.69 Å². The third kappa shape index (κ3) is 4.68. The minimum Gasteiger partial charge on any atom is -0.375 e. The highest BCUT2D eigenvalue weighted by atomic mass is 32.1.